The van der Waals surface area contributed by atoms with Crippen LogP contribution < -0.4 is 15.8 Å². The van der Waals surface area contributed by atoms with E-state index in [1.807, 2.05) is 18.2 Å². The van der Waals surface area contributed by atoms with Gasteiger partial charge in [-0.1, -0.05) is 30.3 Å². The van der Waals surface area contributed by atoms with Crippen LogP contribution >= 0.6 is 0 Å². The summed E-state index contributed by atoms with van der Waals surface area (Å²) in [4.78, 5) is 11.0. The average Bonchev–Trinajstić information content (AvgIpc) is 2.47. The zero-order valence-electron chi connectivity index (χ0n) is 11.6. The number of hydrogen-bond acceptors (Lipinski definition) is 4. The molecule has 0 fully saturated rings. The second kappa shape index (κ2) is 7.31. The molecule has 110 valence electrons. The van der Waals surface area contributed by atoms with E-state index in [4.69, 9.17) is 10.5 Å². The minimum absolute atomic E-state index is 0.0875. The smallest absolute Gasteiger partial charge is 0.252 e. The third-order valence-electron chi connectivity index (χ3n) is 2.95. The summed E-state index contributed by atoms with van der Waals surface area (Å²) in [6.07, 6.45) is 0. The highest BCUT2D eigenvalue weighted by Crippen LogP contribution is 2.22. The fourth-order valence-corrected chi connectivity index (χ4v) is 1.88. The van der Waals surface area contributed by atoms with Gasteiger partial charge in [0.15, 0.2) is 0 Å². The Hall–Kier alpha value is -2.53. The first-order chi connectivity index (χ1) is 10.2. The van der Waals surface area contributed by atoms with Crippen molar-refractivity contribution in [2.75, 3.05) is 13.2 Å². The standard InChI is InChI=1S/C16H18N2O3/c17-16(20)14-7-6-13(10-15(14)19)21-9-8-18-11-12-4-2-1-3-5-12/h1-7,10,18-19H,8-9,11H2,(H2,17,20). The molecule has 0 aromatic heterocycles. The summed E-state index contributed by atoms with van der Waals surface area (Å²) >= 11 is 0. The van der Waals surface area contributed by atoms with Gasteiger partial charge >= 0.3 is 0 Å². The fourth-order valence-electron chi connectivity index (χ4n) is 1.88. The van der Waals surface area contributed by atoms with Gasteiger partial charge in [0, 0.05) is 19.2 Å². The third-order valence-corrected chi connectivity index (χ3v) is 2.95. The minimum Gasteiger partial charge on any atom is -0.507 e. The van der Waals surface area contributed by atoms with Crippen LogP contribution in [0.5, 0.6) is 11.5 Å². The molecule has 1 amide bonds. The van der Waals surface area contributed by atoms with Gasteiger partial charge in [0.05, 0.1) is 5.56 Å². The molecule has 0 spiro atoms. The van der Waals surface area contributed by atoms with E-state index in [1.54, 1.807) is 6.07 Å². The molecule has 0 aliphatic carbocycles. The maximum Gasteiger partial charge on any atom is 0.252 e. The molecule has 0 aliphatic heterocycles. The van der Waals surface area contributed by atoms with Crippen LogP contribution in [0, 0.1) is 0 Å². The number of nitrogens with two attached hydrogens (primary N) is 1. The number of ether oxygens (including phenoxy) is 1. The number of hydrogen-bond donors (Lipinski definition) is 3. The van der Waals surface area contributed by atoms with Crippen molar-refractivity contribution in [3.8, 4) is 11.5 Å². The Morgan fingerprint density at radius 3 is 2.62 bits per heavy atom. The number of primary amides is 1. The highest BCUT2D eigenvalue weighted by Gasteiger charge is 2.08. The highest BCUT2D eigenvalue weighted by atomic mass is 16.5. The number of carbonyl (C=O) groups is 1. The first-order valence-electron chi connectivity index (χ1n) is 6.67. The van der Waals surface area contributed by atoms with Crippen molar-refractivity contribution in [2.45, 2.75) is 6.54 Å². The Labute approximate surface area is 123 Å². The molecule has 21 heavy (non-hydrogen) atoms. The van der Waals surface area contributed by atoms with E-state index >= 15 is 0 Å². The van der Waals surface area contributed by atoms with Crippen LogP contribution in [0.15, 0.2) is 48.5 Å². The number of rotatable bonds is 7. The van der Waals surface area contributed by atoms with Gasteiger partial charge in [0.2, 0.25) is 0 Å². The Morgan fingerprint density at radius 1 is 1.19 bits per heavy atom. The molecule has 2 rings (SSSR count). The summed E-state index contributed by atoms with van der Waals surface area (Å²) in [6.45, 7) is 1.91. The van der Waals surface area contributed by atoms with E-state index in [-0.39, 0.29) is 11.3 Å². The van der Waals surface area contributed by atoms with E-state index in [2.05, 4.69) is 17.4 Å². The Bertz CT molecular complexity index is 600. The van der Waals surface area contributed by atoms with E-state index in [1.165, 1.54) is 17.7 Å². The zero-order valence-corrected chi connectivity index (χ0v) is 11.6. The monoisotopic (exact) mass is 286 g/mol. The molecule has 0 atom stereocenters. The summed E-state index contributed by atoms with van der Waals surface area (Å²) in [7, 11) is 0. The lowest BCUT2D eigenvalue weighted by atomic mass is 10.2. The SMILES string of the molecule is NC(=O)c1ccc(OCCNCc2ccccc2)cc1O. The van der Waals surface area contributed by atoms with Crippen molar-refractivity contribution in [1.29, 1.82) is 0 Å². The van der Waals surface area contributed by atoms with Crippen molar-refractivity contribution < 1.29 is 14.6 Å². The summed E-state index contributed by atoms with van der Waals surface area (Å²) in [5, 5.41) is 12.9. The van der Waals surface area contributed by atoms with Gasteiger partial charge in [-0.05, 0) is 17.7 Å². The normalized spacial score (nSPS) is 10.3. The molecule has 2 aromatic carbocycles. The lowest BCUT2D eigenvalue weighted by Crippen LogP contribution is -2.20. The first-order valence-corrected chi connectivity index (χ1v) is 6.67. The van der Waals surface area contributed by atoms with Crippen LogP contribution in [0.2, 0.25) is 0 Å². The van der Waals surface area contributed by atoms with Gasteiger partial charge in [0.1, 0.15) is 18.1 Å². The molecule has 0 aliphatic rings. The number of carbonyl (C=O) groups excluding carboxylic acids is 1. The van der Waals surface area contributed by atoms with Gasteiger partial charge in [0.25, 0.3) is 5.91 Å². The van der Waals surface area contributed by atoms with E-state index < -0.39 is 5.91 Å². The van der Waals surface area contributed by atoms with E-state index in [9.17, 15) is 9.90 Å². The molecular formula is C16H18N2O3. The highest BCUT2D eigenvalue weighted by molar-refractivity contribution is 5.95. The van der Waals surface area contributed by atoms with Crippen LogP contribution in [0.4, 0.5) is 0 Å². The largest absolute Gasteiger partial charge is 0.507 e. The Morgan fingerprint density at radius 2 is 1.95 bits per heavy atom. The molecule has 0 radical (unpaired) electrons. The molecule has 0 heterocycles. The number of aromatic hydroxyl groups is 1. The molecule has 0 saturated carbocycles. The van der Waals surface area contributed by atoms with Crippen molar-refractivity contribution in [3.63, 3.8) is 0 Å². The molecule has 5 heteroatoms. The van der Waals surface area contributed by atoms with Crippen molar-refractivity contribution >= 4 is 5.91 Å². The zero-order chi connectivity index (χ0) is 15.1. The first kappa shape index (κ1) is 14.9. The van der Waals surface area contributed by atoms with Gasteiger partial charge in [-0.3, -0.25) is 4.79 Å². The molecule has 0 saturated heterocycles. The van der Waals surface area contributed by atoms with Crippen LogP contribution in [-0.4, -0.2) is 24.2 Å². The quantitative estimate of drug-likeness (QED) is 0.676. The van der Waals surface area contributed by atoms with Gasteiger partial charge in [-0.15, -0.1) is 0 Å². The molecule has 2 aromatic rings. The number of phenols is 1. The van der Waals surface area contributed by atoms with Crippen molar-refractivity contribution in [2.24, 2.45) is 5.73 Å². The molecule has 4 N–H and O–H groups in total. The number of nitrogens with one attached hydrogen (secondary N) is 1. The predicted octanol–water partition coefficient (Wildman–Crippen LogP) is 1.66. The third kappa shape index (κ3) is 4.50. The summed E-state index contributed by atoms with van der Waals surface area (Å²) in [6, 6.07) is 14.5. The van der Waals surface area contributed by atoms with Gasteiger partial charge in [-0.25, -0.2) is 0 Å². The van der Waals surface area contributed by atoms with Crippen LogP contribution in [-0.2, 0) is 6.54 Å². The van der Waals surface area contributed by atoms with Crippen LogP contribution in [0.1, 0.15) is 15.9 Å². The molecule has 0 unspecified atom stereocenters. The Kier molecular flexibility index (Phi) is 5.17. The maximum absolute atomic E-state index is 11.0. The second-order valence-corrected chi connectivity index (χ2v) is 4.55. The van der Waals surface area contributed by atoms with E-state index in [0.717, 1.165) is 6.54 Å². The number of amides is 1. The summed E-state index contributed by atoms with van der Waals surface area (Å²) in [5.74, 6) is -0.333. The van der Waals surface area contributed by atoms with Gasteiger partial charge in [-0.2, -0.15) is 0 Å². The Balaban J connectivity index is 1.74. The number of benzene rings is 2. The topological polar surface area (TPSA) is 84.6 Å². The fraction of sp³-hybridized carbons (Fsp3) is 0.188. The summed E-state index contributed by atoms with van der Waals surface area (Å²) < 4.78 is 5.48. The van der Waals surface area contributed by atoms with Crippen LogP contribution in [0.25, 0.3) is 0 Å². The summed E-state index contributed by atoms with van der Waals surface area (Å²) in [5.41, 5.74) is 6.41. The lowest BCUT2D eigenvalue weighted by molar-refractivity contribution is 0.0997. The lowest BCUT2D eigenvalue weighted by Gasteiger charge is -2.09. The van der Waals surface area contributed by atoms with Gasteiger partial charge < -0.3 is 20.9 Å². The molecule has 0 bridgehead atoms. The van der Waals surface area contributed by atoms with Crippen molar-refractivity contribution in [3.05, 3.63) is 59.7 Å². The average molecular weight is 286 g/mol. The van der Waals surface area contributed by atoms with Crippen molar-refractivity contribution in [1.82, 2.24) is 5.32 Å². The minimum atomic E-state index is -0.663. The second-order valence-electron chi connectivity index (χ2n) is 4.55. The van der Waals surface area contributed by atoms with E-state index in [0.29, 0.717) is 18.9 Å². The predicted molar refractivity (Wildman–Crippen MR) is 80.3 cm³/mol. The molecular weight excluding hydrogens is 268 g/mol. The maximum atomic E-state index is 11.0. The molecule has 5 nitrogen and oxygen atoms in total. The van der Waals surface area contributed by atoms with Crippen LogP contribution in [0.3, 0.4) is 0 Å².